The molecule has 0 spiro atoms. The zero-order valence-electron chi connectivity index (χ0n) is 16.1. The van der Waals surface area contributed by atoms with Crippen LogP contribution in [0.1, 0.15) is 19.4 Å². The molecule has 0 atom stereocenters. The summed E-state index contributed by atoms with van der Waals surface area (Å²) in [6.07, 6.45) is 0.762. The minimum Gasteiger partial charge on any atom is -0.380 e. The minimum atomic E-state index is -0.499. The van der Waals surface area contributed by atoms with Crippen LogP contribution in [0.15, 0.2) is 58.1 Å². The summed E-state index contributed by atoms with van der Waals surface area (Å²) in [5, 5.41) is 6.71. The Morgan fingerprint density at radius 2 is 1.46 bits per heavy atom. The maximum absolute atomic E-state index is 11.9. The average Bonchev–Trinajstić information content (AvgIpc) is 2.73. The second-order valence-corrected chi connectivity index (χ2v) is 6.99. The molecule has 3 aromatic carbocycles. The molecule has 0 fully saturated rings. The summed E-state index contributed by atoms with van der Waals surface area (Å²) in [5.41, 5.74) is 2.78. The first-order chi connectivity index (χ1) is 13.5. The molecule has 0 bridgehead atoms. The largest absolute Gasteiger partial charge is 0.380 e. The summed E-state index contributed by atoms with van der Waals surface area (Å²) in [6.45, 7) is 6.81. The van der Waals surface area contributed by atoms with Crippen molar-refractivity contribution in [1.29, 1.82) is 0 Å². The van der Waals surface area contributed by atoms with Crippen LogP contribution >= 0.6 is 11.6 Å². The van der Waals surface area contributed by atoms with E-state index in [2.05, 4.69) is 53.6 Å². The first-order valence-electron chi connectivity index (χ1n) is 9.47. The lowest BCUT2D eigenvalue weighted by molar-refractivity contribution is 0.865. The van der Waals surface area contributed by atoms with Gasteiger partial charge in [0.1, 0.15) is 11.4 Å². The van der Waals surface area contributed by atoms with E-state index < -0.39 is 10.9 Å². The smallest absolute Gasteiger partial charge is 0.253 e. The Labute approximate surface area is 169 Å². The Kier molecular flexibility index (Phi) is 6.37. The molecule has 0 aliphatic carbocycles. The van der Waals surface area contributed by atoms with E-state index in [1.54, 1.807) is 24.3 Å². The fourth-order valence-electron chi connectivity index (χ4n) is 3.15. The van der Waals surface area contributed by atoms with Crippen molar-refractivity contribution in [3.8, 4) is 0 Å². The van der Waals surface area contributed by atoms with Crippen LogP contribution in [-0.4, -0.2) is 19.6 Å². The van der Waals surface area contributed by atoms with Gasteiger partial charge in [0.25, 0.3) is 10.9 Å². The number of hydrogen-bond donors (Lipinski definition) is 2. The Morgan fingerprint density at radius 3 is 2.07 bits per heavy atom. The fraction of sp³-hybridized carbons (Fsp3) is 0.273. The molecule has 0 saturated carbocycles. The van der Waals surface area contributed by atoms with Gasteiger partial charge in [0.2, 0.25) is 0 Å². The van der Waals surface area contributed by atoms with Crippen molar-refractivity contribution < 1.29 is 0 Å². The van der Waals surface area contributed by atoms with E-state index in [-0.39, 0.29) is 0 Å². The van der Waals surface area contributed by atoms with Crippen molar-refractivity contribution in [1.82, 2.24) is 0 Å². The molecule has 0 unspecified atom stereocenters. The zero-order valence-corrected chi connectivity index (χ0v) is 16.8. The number of hydrogen-bond acceptors (Lipinski definition) is 5. The second kappa shape index (κ2) is 8.93. The van der Waals surface area contributed by atoms with Gasteiger partial charge in [-0.15, -0.1) is 0 Å². The first-order valence-corrected chi connectivity index (χ1v) is 9.85. The van der Waals surface area contributed by atoms with Crippen LogP contribution < -0.4 is 26.4 Å². The number of nitrogens with zero attached hydrogens (tertiary/aromatic N) is 1. The maximum atomic E-state index is 11.9. The van der Waals surface area contributed by atoms with Crippen LogP contribution in [0.3, 0.4) is 0 Å². The fourth-order valence-corrected chi connectivity index (χ4v) is 3.28. The molecular formula is C22H24ClN3O2. The van der Waals surface area contributed by atoms with Gasteiger partial charge < -0.3 is 15.5 Å². The lowest BCUT2D eigenvalue weighted by Gasteiger charge is -2.21. The molecule has 28 heavy (non-hydrogen) atoms. The molecule has 3 rings (SSSR count). The third-order valence-corrected chi connectivity index (χ3v) is 5.06. The highest BCUT2D eigenvalue weighted by atomic mass is 35.5. The average molecular weight is 398 g/mol. The van der Waals surface area contributed by atoms with Gasteiger partial charge in [-0.1, -0.05) is 23.7 Å². The van der Waals surface area contributed by atoms with Gasteiger partial charge in [-0.05, 0) is 62.2 Å². The van der Waals surface area contributed by atoms with Crippen molar-refractivity contribution in [2.75, 3.05) is 35.2 Å². The van der Waals surface area contributed by atoms with Crippen molar-refractivity contribution in [3.63, 3.8) is 0 Å². The molecule has 6 heteroatoms. The third-order valence-electron chi connectivity index (χ3n) is 4.80. The minimum absolute atomic E-state index is 0.309. The Hall–Kier alpha value is -2.79. The molecule has 0 radical (unpaired) electrons. The molecular weight excluding hydrogens is 374 g/mol. The van der Waals surface area contributed by atoms with Gasteiger partial charge in [-0.2, -0.15) is 0 Å². The molecule has 3 aromatic rings. The Morgan fingerprint density at radius 1 is 0.857 bits per heavy atom. The number of benzene rings is 2. The predicted octanol–water partition coefficient (Wildman–Crippen LogP) is 4.18. The lowest BCUT2D eigenvalue weighted by Crippen LogP contribution is -2.37. The maximum Gasteiger partial charge on any atom is 0.253 e. The van der Waals surface area contributed by atoms with E-state index in [0.717, 1.165) is 19.5 Å². The van der Waals surface area contributed by atoms with E-state index in [1.165, 1.54) is 11.3 Å². The highest BCUT2D eigenvalue weighted by molar-refractivity contribution is 6.30. The third kappa shape index (κ3) is 4.37. The standard InChI is InChI=1S/C22H24ClN3O2/c1-3-26(4-2)18-11-5-15(6-12-18)13-14-24-19-20(22(28)21(19)27)25-17-9-7-16(23)8-10-17/h5-12,24-25H,3-4,13-14H2,1-2H3. The summed E-state index contributed by atoms with van der Waals surface area (Å²) in [4.78, 5) is 26.1. The molecule has 0 saturated heterocycles. The van der Waals surface area contributed by atoms with Crippen LogP contribution in [0.2, 0.25) is 5.02 Å². The van der Waals surface area contributed by atoms with Gasteiger partial charge in [-0.3, -0.25) is 9.59 Å². The molecule has 0 aliphatic heterocycles. The number of nitrogens with one attached hydrogen (secondary N) is 2. The van der Waals surface area contributed by atoms with Crippen molar-refractivity contribution in [3.05, 3.63) is 79.6 Å². The van der Waals surface area contributed by atoms with Gasteiger partial charge in [0.15, 0.2) is 0 Å². The van der Waals surface area contributed by atoms with E-state index in [4.69, 9.17) is 11.6 Å². The summed E-state index contributed by atoms with van der Waals surface area (Å²) in [7, 11) is 0. The zero-order chi connectivity index (χ0) is 20.1. The number of halogens is 1. The highest BCUT2D eigenvalue weighted by Crippen LogP contribution is 2.22. The van der Waals surface area contributed by atoms with Crippen molar-refractivity contribution in [2.45, 2.75) is 20.3 Å². The summed E-state index contributed by atoms with van der Waals surface area (Å²) in [6, 6.07) is 15.4. The quantitative estimate of drug-likeness (QED) is 0.530. The SMILES string of the molecule is CCN(CC)c1ccc(CCNc2c(Nc3ccc(Cl)cc3)c(=O)c2=O)cc1. The molecule has 0 amide bonds. The van der Waals surface area contributed by atoms with E-state index in [9.17, 15) is 9.59 Å². The summed E-state index contributed by atoms with van der Waals surface area (Å²) >= 11 is 5.87. The first kappa shape index (κ1) is 20.0. The number of rotatable bonds is 9. The van der Waals surface area contributed by atoms with Crippen LogP contribution in [0, 0.1) is 0 Å². The van der Waals surface area contributed by atoms with Gasteiger partial charge in [0, 0.05) is 36.0 Å². The van der Waals surface area contributed by atoms with Gasteiger partial charge >= 0.3 is 0 Å². The summed E-state index contributed by atoms with van der Waals surface area (Å²) in [5.74, 6) is 0. The summed E-state index contributed by atoms with van der Waals surface area (Å²) < 4.78 is 0. The predicted molar refractivity (Wildman–Crippen MR) is 118 cm³/mol. The Balaban J connectivity index is 1.59. The number of anilines is 4. The van der Waals surface area contributed by atoms with Crippen molar-refractivity contribution >= 4 is 34.4 Å². The molecule has 0 aliphatic rings. The van der Waals surface area contributed by atoms with Crippen LogP contribution in [0.4, 0.5) is 22.7 Å². The highest BCUT2D eigenvalue weighted by Gasteiger charge is 2.20. The molecule has 2 N–H and O–H groups in total. The van der Waals surface area contributed by atoms with Crippen molar-refractivity contribution in [2.24, 2.45) is 0 Å². The monoisotopic (exact) mass is 397 g/mol. The van der Waals surface area contributed by atoms with Gasteiger partial charge in [0.05, 0.1) is 0 Å². The molecule has 146 valence electrons. The van der Waals surface area contributed by atoms with Crippen LogP contribution in [0.25, 0.3) is 0 Å². The molecule has 5 nitrogen and oxygen atoms in total. The topological polar surface area (TPSA) is 61.4 Å². The second-order valence-electron chi connectivity index (χ2n) is 6.56. The van der Waals surface area contributed by atoms with E-state index in [1.807, 2.05) is 0 Å². The molecule has 0 heterocycles. The van der Waals surface area contributed by atoms with Crippen LogP contribution in [-0.2, 0) is 6.42 Å². The van der Waals surface area contributed by atoms with Crippen LogP contribution in [0.5, 0.6) is 0 Å². The Bertz CT molecular complexity index is 986. The lowest BCUT2D eigenvalue weighted by atomic mass is 10.1. The van der Waals surface area contributed by atoms with E-state index in [0.29, 0.717) is 28.6 Å². The molecule has 0 aromatic heterocycles. The van der Waals surface area contributed by atoms with Gasteiger partial charge in [-0.25, -0.2) is 0 Å². The van der Waals surface area contributed by atoms with E-state index >= 15 is 0 Å². The normalized spacial score (nSPS) is 10.8.